The summed E-state index contributed by atoms with van der Waals surface area (Å²) in [5.74, 6) is 0. The van der Waals surface area contributed by atoms with Gasteiger partial charge in [0, 0.05) is 23.8 Å². The second-order valence-corrected chi connectivity index (χ2v) is 5.07. The predicted molar refractivity (Wildman–Crippen MR) is 82.0 cm³/mol. The maximum absolute atomic E-state index is 12.0. The fourth-order valence-corrected chi connectivity index (χ4v) is 1.67. The topological polar surface area (TPSA) is 32.3 Å². The fraction of sp³-hybridized carbons (Fsp3) is 0.154. The van der Waals surface area contributed by atoms with E-state index >= 15 is 0 Å². The van der Waals surface area contributed by atoms with Crippen molar-refractivity contribution in [3.8, 4) is 0 Å². The van der Waals surface area contributed by atoms with E-state index in [4.69, 9.17) is 34.8 Å². The van der Waals surface area contributed by atoms with Crippen LogP contribution in [0.25, 0.3) is 0 Å². The molecule has 0 aliphatic rings. The molecule has 19 heavy (non-hydrogen) atoms. The van der Waals surface area contributed by atoms with Gasteiger partial charge in [0.2, 0.25) is 0 Å². The number of nitrogens with zero attached hydrogens (tertiary/aromatic N) is 1. The molecule has 0 unspecified atom stereocenters. The van der Waals surface area contributed by atoms with E-state index in [2.05, 4.69) is 11.9 Å². The highest BCUT2D eigenvalue weighted by Crippen LogP contribution is 2.15. The van der Waals surface area contributed by atoms with Crippen molar-refractivity contribution in [2.24, 2.45) is 0 Å². The molecule has 1 N–H and O–H groups in total. The molecule has 0 aliphatic carbocycles. The minimum Gasteiger partial charge on any atom is -0.317 e. The average Bonchev–Trinajstić information content (AvgIpc) is 2.34. The molecule has 0 heterocycles. The molecule has 0 spiro atoms. The Kier molecular flexibility index (Phi) is 6.78. The first-order chi connectivity index (χ1) is 9.02. The largest absolute Gasteiger partial charge is 0.322 e. The van der Waals surface area contributed by atoms with E-state index in [0.717, 1.165) is 0 Å². The highest BCUT2D eigenvalue weighted by Gasteiger charge is 2.11. The molecule has 0 aromatic heterocycles. The van der Waals surface area contributed by atoms with Crippen LogP contribution in [-0.2, 0) is 0 Å². The van der Waals surface area contributed by atoms with Crippen LogP contribution in [0.4, 0.5) is 10.5 Å². The Morgan fingerprint density at radius 3 is 2.68 bits per heavy atom. The number of carbonyl (C=O) groups excluding carboxylic acids is 1. The van der Waals surface area contributed by atoms with Crippen LogP contribution in [0.2, 0.25) is 5.02 Å². The van der Waals surface area contributed by atoms with E-state index < -0.39 is 0 Å². The standard InChI is InChI=1S/C13H13Cl3N2O/c1-2-7-18(8-6-12(15)16)13(19)17-11-5-3-4-10(14)9-11/h2-6,9H,1,7-8H2,(H,17,19). The van der Waals surface area contributed by atoms with Crippen molar-refractivity contribution >= 4 is 46.5 Å². The van der Waals surface area contributed by atoms with Gasteiger partial charge in [0.1, 0.15) is 4.49 Å². The van der Waals surface area contributed by atoms with Crippen LogP contribution in [-0.4, -0.2) is 24.0 Å². The van der Waals surface area contributed by atoms with Gasteiger partial charge in [-0.3, -0.25) is 0 Å². The van der Waals surface area contributed by atoms with Crippen molar-refractivity contribution in [2.45, 2.75) is 0 Å². The van der Waals surface area contributed by atoms with Gasteiger partial charge in [-0.15, -0.1) is 6.58 Å². The van der Waals surface area contributed by atoms with Crippen molar-refractivity contribution in [2.75, 3.05) is 18.4 Å². The fourth-order valence-electron chi connectivity index (χ4n) is 1.34. The Bertz CT molecular complexity index is 485. The molecule has 6 heteroatoms. The van der Waals surface area contributed by atoms with Gasteiger partial charge in [0.15, 0.2) is 0 Å². The zero-order valence-electron chi connectivity index (χ0n) is 10.1. The third-order valence-corrected chi connectivity index (χ3v) is 2.72. The van der Waals surface area contributed by atoms with Crippen molar-refractivity contribution in [1.29, 1.82) is 0 Å². The smallest absolute Gasteiger partial charge is 0.317 e. The molecular weight excluding hydrogens is 307 g/mol. The Balaban J connectivity index is 2.71. The summed E-state index contributed by atoms with van der Waals surface area (Å²) < 4.78 is 0.115. The van der Waals surface area contributed by atoms with E-state index in [9.17, 15) is 4.79 Å². The zero-order valence-corrected chi connectivity index (χ0v) is 12.3. The summed E-state index contributed by atoms with van der Waals surface area (Å²) >= 11 is 16.9. The van der Waals surface area contributed by atoms with Crippen LogP contribution in [0, 0.1) is 0 Å². The maximum Gasteiger partial charge on any atom is 0.322 e. The first-order valence-electron chi connectivity index (χ1n) is 5.46. The summed E-state index contributed by atoms with van der Waals surface area (Å²) in [5, 5.41) is 3.28. The molecule has 0 radical (unpaired) electrons. The van der Waals surface area contributed by atoms with Crippen LogP contribution in [0.5, 0.6) is 0 Å². The lowest BCUT2D eigenvalue weighted by Gasteiger charge is -2.20. The monoisotopic (exact) mass is 318 g/mol. The van der Waals surface area contributed by atoms with E-state index in [1.54, 1.807) is 30.3 Å². The number of halogens is 3. The molecule has 0 saturated heterocycles. The van der Waals surface area contributed by atoms with Crippen LogP contribution in [0.3, 0.4) is 0 Å². The van der Waals surface area contributed by atoms with E-state index in [1.165, 1.54) is 11.0 Å². The van der Waals surface area contributed by atoms with E-state index in [-0.39, 0.29) is 10.5 Å². The number of benzene rings is 1. The van der Waals surface area contributed by atoms with E-state index in [0.29, 0.717) is 23.8 Å². The Hall–Kier alpha value is -1.16. The predicted octanol–water partition coefficient (Wildman–Crippen LogP) is 4.68. The van der Waals surface area contributed by atoms with Gasteiger partial charge in [-0.05, 0) is 24.3 Å². The minimum atomic E-state index is -0.284. The first-order valence-corrected chi connectivity index (χ1v) is 6.60. The second kappa shape index (κ2) is 8.10. The normalized spacial score (nSPS) is 9.63. The molecule has 0 saturated carbocycles. The Labute approximate surface area is 127 Å². The first kappa shape index (κ1) is 15.9. The van der Waals surface area contributed by atoms with Crippen molar-refractivity contribution in [3.05, 3.63) is 52.5 Å². The molecule has 0 atom stereocenters. The highest BCUT2D eigenvalue weighted by molar-refractivity contribution is 6.55. The van der Waals surface area contributed by atoms with Gasteiger partial charge in [0.05, 0.1) is 0 Å². The summed E-state index contributed by atoms with van der Waals surface area (Å²) in [7, 11) is 0. The number of anilines is 1. The summed E-state index contributed by atoms with van der Waals surface area (Å²) in [6.45, 7) is 4.27. The molecule has 2 amide bonds. The van der Waals surface area contributed by atoms with Gasteiger partial charge in [0.25, 0.3) is 0 Å². The summed E-state index contributed by atoms with van der Waals surface area (Å²) in [4.78, 5) is 13.5. The maximum atomic E-state index is 12.0. The van der Waals surface area contributed by atoms with Crippen LogP contribution in [0.15, 0.2) is 47.5 Å². The van der Waals surface area contributed by atoms with Gasteiger partial charge in [-0.1, -0.05) is 46.9 Å². The summed E-state index contributed by atoms with van der Waals surface area (Å²) in [5.41, 5.74) is 0.618. The van der Waals surface area contributed by atoms with Crippen LogP contribution in [0.1, 0.15) is 0 Å². The van der Waals surface area contributed by atoms with Crippen molar-refractivity contribution in [1.82, 2.24) is 4.90 Å². The molecular formula is C13H13Cl3N2O. The minimum absolute atomic E-state index is 0.115. The molecule has 102 valence electrons. The molecule has 0 bridgehead atoms. The third kappa shape index (κ3) is 6.01. The number of hydrogen-bond donors (Lipinski definition) is 1. The van der Waals surface area contributed by atoms with Gasteiger partial charge >= 0.3 is 6.03 Å². The second-order valence-electron chi connectivity index (χ2n) is 3.63. The number of carbonyl (C=O) groups is 1. The number of nitrogens with one attached hydrogen (secondary N) is 1. The number of hydrogen-bond acceptors (Lipinski definition) is 1. The van der Waals surface area contributed by atoms with Gasteiger partial charge < -0.3 is 10.2 Å². The lowest BCUT2D eigenvalue weighted by atomic mass is 10.3. The molecule has 0 fully saturated rings. The Morgan fingerprint density at radius 1 is 1.37 bits per heavy atom. The Morgan fingerprint density at radius 2 is 2.11 bits per heavy atom. The van der Waals surface area contributed by atoms with Crippen molar-refractivity contribution < 1.29 is 4.79 Å². The highest BCUT2D eigenvalue weighted by atomic mass is 35.5. The summed E-state index contributed by atoms with van der Waals surface area (Å²) in [6, 6.07) is 6.61. The number of amides is 2. The molecule has 3 nitrogen and oxygen atoms in total. The zero-order chi connectivity index (χ0) is 14.3. The molecule has 0 aliphatic heterocycles. The lowest BCUT2D eigenvalue weighted by molar-refractivity contribution is 0.222. The van der Waals surface area contributed by atoms with Gasteiger partial charge in [-0.2, -0.15) is 0 Å². The number of urea groups is 1. The third-order valence-electron chi connectivity index (χ3n) is 2.18. The summed E-state index contributed by atoms with van der Waals surface area (Å²) in [6.07, 6.45) is 3.15. The quantitative estimate of drug-likeness (QED) is 0.785. The van der Waals surface area contributed by atoms with Crippen LogP contribution >= 0.6 is 34.8 Å². The average molecular weight is 320 g/mol. The van der Waals surface area contributed by atoms with Crippen molar-refractivity contribution in [3.63, 3.8) is 0 Å². The number of rotatable bonds is 5. The molecule has 1 aromatic carbocycles. The lowest BCUT2D eigenvalue weighted by Crippen LogP contribution is -2.35. The molecule has 1 rings (SSSR count). The van der Waals surface area contributed by atoms with Crippen LogP contribution < -0.4 is 5.32 Å². The van der Waals surface area contributed by atoms with E-state index in [1.807, 2.05) is 0 Å². The SMILES string of the molecule is C=CCN(CC=C(Cl)Cl)C(=O)Nc1cccc(Cl)c1. The molecule has 1 aromatic rings. The van der Waals surface area contributed by atoms with Gasteiger partial charge in [-0.25, -0.2) is 4.79 Å².